The molecule has 0 N–H and O–H groups in total. The van der Waals surface area contributed by atoms with Crippen LogP contribution in [0.1, 0.15) is 49.5 Å². The van der Waals surface area contributed by atoms with E-state index in [0.717, 1.165) is 30.5 Å². The van der Waals surface area contributed by atoms with Gasteiger partial charge in [0.1, 0.15) is 0 Å². The minimum absolute atomic E-state index is 0.152. The van der Waals surface area contributed by atoms with Gasteiger partial charge >= 0.3 is 5.97 Å². The van der Waals surface area contributed by atoms with Crippen LogP contribution in [0.4, 0.5) is 5.69 Å². The van der Waals surface area contributed by atoms with Gasteiger partial charge in [-0.15, -0.1) is 0 Å². The third kappa shape index (κ3) is 5.03. The lowest BCUT2D eigenvalue weighted by atomic mass is 9.94. The first-order valence-electron chi connectivity index (χ1n) is 11.9. The molecule has 0 unspecified atom stereocenters. The van der Waals surface area contributed by atoms with Crippen LogP contribution in [0.15, 0.2) is 53.4 Å². The molecule has 0 radical (unpaired) electrons. The highest BCUT2D eigenvalue weighted by Crippen LogP contribution is 2.28. The second-order valence-corrected chi connectivity index (χ2v) is 11.5. The van der Waals surface area contributed by atoms with Crippen molar-refractivity contribution >= 4 is 27.6 Å². The van der Waals surface area contributed by atoms with Gasteiger partial charge in [-0.05, 0) is 73.9 Å². The summed E-state index contributed by atoms with van der Waals surface area (Å²) in [5, 5.41) is 0. The molecule has 2 aromatic rings. The first kappa shape index (κ1) is 24.4. The van der Waals surface area contributed by atoms with E-state index < -0.39 is 22.1 Å². The largest absolute Gasteiger partial charge is 0.449 e. The van der Waals surface area contributed by atoms with Gasteiger partial charge in [0.25, 0.3) is 5.91 Å². The van der Waals surface area contributed by atoms with Crippen molar-refractivity contribution in [1.82, 2.24) is 4.31 Å². The molecule has 4 rings (SSSR count). The number of piperidine rings is 1. The molecule has 7 nitrogen and oxygen atoms in total. The smallest absolute Gasteiger partial charge is 0.338 e. The van der Waals surface area contributed by atoms with Crippen LogP contribution in [0.3, 0.4) is 0 Å². The molecule has 2 aliphatic heterocycles. The molecule has 2 aromatic carbocycles. The molecule has 0 aromatic heterocycles. The molecule has 182 valence electrons. The maximum atomic E-state index is 13.1. The molecule has 34 heavy (non-hydrogen) atoms. The van der Waals surface area contributed by atoms with Crippen molar-refractivity contribution < 1.29 is 22.7 Å². The number of esters is 1. The van der Waals surface area contributed by atoms with Crippen LogP contribution in [0, 0.1) is 11.8 Å². The zero-order valence-electron chi connectivity index (χ0n) is 19.9. The Balaban J connectivity index is 1.43. The van der Waals surface area contributed by atoms with E-state index in [0.29, 0.717) is 31.5 Å². The van der Waals surface area contributed by atoms with E-state index in [4.69, 9.17) is 4.74 Å². The summed E-state index contributed by atoms with van der Waals surface area (Å²) in [5.74, 6) is -0.319. The van der Waals surface area contributed by atoms with E-state index >= 15 is 0 Å². The van der Waals surface area contributed by atoms with E-state index in [-0.39, 0.29) is 16.4 Å². The monoisotopic (exact) mass is 484 g/mol. The SMILES string of the molecule is C[C@@H]1C[C@@H](C)CN(S(=O)(=O)c2ccc(C(=O)O[C@H](C)C(=O)N3CCCc4ccccc43)cc2)C1. The maximum Gasteiger partial charge on any atom is 0.338 e. The van der Waals surface area contributed by atoms with Crippen molar-refractivity contribution in [1.29, 1.82) is 0 Å². The average molecular weight is 485 g/mol. The standard InChI is InChI=1S/C26H32N2O5S/c1-18-15-19(2)17-27(16-18)34(31,32)23-12-10-22(11-13-23)26(30)33-20(3)25(29)28-14-6-8-21-7-4-5-9-24(21)28/h4-5,7,9-13,18-20H,6,8,14-17H2,1-3H3/t18-,19-,20-/m1/s1. The van der Waals surface area contributed by atoms with Crippen molar-refractivity contribution in [3.63, 3.8) is 0 Å². The van der Waals surface area contributed by atoms with Gasteiger partial charge in [0, 0.05) is 25.3 Å². The summed E-state index contributed by atoms with van der Waals surface area (Å²) in [6, 6.07) is 13.5. The molecule has 1 fully saturated rings. The number of sulfonamides is 1. The Kier molecular flexibility index (Phi) is 7.09. The Morgan fingerprint density at radius 1 is 1.00 bits per heavy atom. The third-order valence-corrected chi connectivity index (χ3v) is 8.42. The van der Waals surface area contributed by atoms with Crippen LogP contribution in [0.2, 0.25) is 0 Å². The van der Waals surface area contributed by atoms with Gasteiger partial charge in [0.05, 0.1) is 10.5 Å². The Morgan fingerprint density at radius 2 is 1.65 bits per heavy atom. The number of rotatable bonds is 5. The van der Waals surface area contributed by atoms with E-state index in [1.807, 2.05) is 24.3 Å². The van der Waals surface area contributed by atoms with Crippen molar-refractivity contribution in [2.24, 2.45) is 11.8 Å². The van der Waals surface area contributed by atoms with E-state index in [1.165, 1.54) is 28.6 Å². The van der Waals surface area contributed by atoms with Gasteiger partial charge in [-0.25, -0.2) is 13.2 Å². The zero-order chi connectivity index (χ0) is 24.5. The molecule has 1 saturated heterocycles. The van der Waals surface area contributed by atoms with Crippen LogP contribution in [-0.2, 0) is 26.0 Å². The number of fused-ring (bicyclic) bond motifs is 1. The summed E-state index contributed by atoms with van der Waals surface area (Å²) >= 11 is 0. The van der Waals surface area contributed by atoms with Gasteiger partial charge in [-0.2, -0.15) is 4.31 Å². The second kappa shape index (κ2) is 9.88. The van der Waals surface area contributed by atoms with Crippen LogP contribution in [0.25, 0.3) is 0 Å². The normalized spacial score (nSPS) is 22.0. The first-order valence-corrected chi connectivity index (χ1v) is 13.3. The molecule has 2 heterocycles. The predicted molar refractivity (Wildman–Crippen MR) is 130 cm³/mol. The molecule has 3 atom stereocenters. The van der Waals surface area contributed by atoms with E-state index in [2.05, 4.69) is 13.8 Å². The number of carbonyl (C=O) groups is 2. The Labute approximate surface area is 201 Å². The summed E-state index contributed by atoms with van der Waals surface area (Å²) in [6.45, 7) is 7.25. The number of anilines is 1. The van der Waals surface area contributed by atoms with Crippen LogP contribution < -0.4 is 4.90 Å². The fraction of sp³-hybridized carbons (Fsp3) is 0.462. The molecular weight excluding hydrogens is 452 g/mol. The maximum absolute atomic E-state index is 13.1. The molecule has 1 amide bonds. The number of carbonyl (C=O) groups excluding carboxylic acids is 2. The number of hydrogen-bond donors (Lipinski definition) is 0. The van der Waals surface area contributed by atoms with Gasteiger partial charge in [0.2, 0.25) is 10.0 Å². The Bertz CT molecular complexity index is 1150. The minimum atomic E-state index is -3.63. The molecular formula is C26H32N2O5S. The molecule has 2 aliphatic rings. The first-order chi connectivity index (χ1) is 16.2. The molecule has 0 saturated carbocycles. The number of benzene rings is 2. The quantitative estimate of drug-likeness (QED) is 0.602. The van der Waals surface area contributed by atoms with Gasteiger partial charge < -0.3 is 9.64 Å². The van der Waals surface area contributed by atoms with Crippen molar-refractivity contribution in [3.05, 3.63) is 59.7 Å². The zero-order valence-corrected chi connectivity index (χ0v) is 20.8. The summed E-state index contributed by atoms with van der Waals surface area (Å²) in [4.78, 5) is 27.5. The van der Waals surface area contributed by atoms with Crippen molar-refractivity contribution in [3.8, 4) is 0 Å². The summed E-state index contributed by atoms with van der Waals surface area (Å²) in [6.07, 6.45) is 1.82. The highest BCUT2D eigenvalue weighted by molar-refractivity contribution is 7.89. The number of hydrogen-bond acceptors (Lipinski definition) is 5. The second-order valence-electron chi connectivity index (χ2n) is 9.56. The van der Waals surface area contributed by atoms with E-state index in [1.54, 1.807) is 11.8 Å². The van der Waals surface area contributed by atoms with E-state index in [9.17, 15) is 18.0 Å². The van der Waals surface area contributed by atoms with Gasteiger partial charge in [0.15, 0.2) is 6.10 Å². The molecule has 0 spiro atoms. The Morgan fingerprint density at radius 3 is 2.32 bits per heavy atom. The summed E-state index contributed by atoms with van der Waals surface area (Å²) in [7, 11) is -3.63. The van der Waals surface area contributed by atoms with Gasteiger partial charge in [-0.3, -0.25) is 4.79 Å². The summed E-state index contributed by atoms with van der Waals surface area (Å²) < 4.78 is 33.1. The van der Waals surface area contributed by atoms with Crippen LogP contribution >= 0.6 is 0 Å². The lowest BCUT2D eigenvalue weighted by Crippen LogP contribution is -2.42. The number of aryl methyl sites for hydroxylation is 1. The Hall–Kier alpha value is -2.71. The highest BCUT2D eigenvalue weighted by Gasteiger charge is 2.32. The fourth-order valence-electron chi connectivity index (χ4n) is 4.98. The molecule has 0 bridgehead atoms. The number of nitrogens with zero attached hydrogens (tertiary/aromatic N) is 2. The van der Waals surface area contributed by atoms with Crippen molar-refractivity contribution in [2.75, 3.05) is 24.5 Å². The van der Waals surface area contributed by atoms with Gasteiger partial charge in [-0.1, -0.05) is 32.0 Å². The fourth-order valence-corrected chi connectivity index (χ4v) is 6.65. The minimum Gasteiger partial charge on any atom is -0.449 e. The predicted octanol–water partition coefficient (Wildman–Crippen LogP) is 3.88. The number of amides is 1. The molecule has 0 aliphatic carbocycles. The third-order valence-electron chi connectivity index (χ3n) is 6.57. The lowest BCUT2D eigenvalue weighted by Gasteiger charge is -2.34. The lowest BCUT2D eigenvalue weighted by molar-refractivity contribution is -0.126. The number of ether oxygens (including phenoxy) is 1. The number of para-hydroxylation sites is 1. The highest BCUT2D eigenvalue weighted by atomic mass is 32.2. The van der Waals surface area contributed by atoms with Crippen LogP contribution in [0.5, 0.6) is 0 Å². The average Bonchev–Trinajstić information content (AvgIpc) is 2.82. The molecule has 8 heteroatoms. The summed E-state index contributed by atoms with van der Waals surface area (Å²) in [5.41, 5.74) is 2.17. The van der Waals surface area contributed by atoms with Crippen LogP contribution in [-0.4, -0.2) is 50.3 Å². The van der Waals surface area contributed by atoms with Crippen molar-refractivity contribution in [2.45, 2.75) is 51.0 Å². The topological polar surface area (TPSA) is 84.0 Å².